The van der Waals surface area contributed by atoms with Gasteiger partial charge in [-0.25, -0.2) is 19.6 Å². The van der Waals surface area contributed by atoms with E-state index in [1.54, 1.807) is 18.3 Å². The fraction of sp³-hybridized carbons (Fsp3) is 0.379. The number of aromatic nitrogens is 2. The molecule has 3 rings (SSSR count). The Balaban J connectivity index is 1.97. The third-order valence-electron chi connectivity index (χ3n) is 5.30. The molecule has 0 spiro atoms. The quantitative estimate of drug-likeness (QED) is 0.214. The van der Waals surface area contributed by atoms with Gasteiger partial charge in [0.1, 0.15) is 11.4 Å². The van der Waals surface area contributed by atoms with E-state index in [0.29, 0.717) is 42.4 Å². The van der Waals surface area contributed by atoms with E-state index in [1.807, 2.05) is 77.1 Å². The number of methoxy groups -OCH3 is 1. The van der Waals surface area contributed by atoms with Crippen molar-refractivity contribution < 1.29 is 28.1 Å². The number of benzene rings is 2. The molecule has 1 heterocycles. The van der Waals surface area contributed by atoms with Crippen LogP contribution < -0.4 is 5.32 Å². The van der Waals surface area contributed by atoms with Crippen LogP contribution in [0.15, 0.2) is 60.8 Å². The third-order valence-corrected chi connectivity index (χ3v) is 7.08. The summed E-state index contributed by atoms with van der Waals surface area (Å²) in [5.74, 6) is -1.38. The number of esters is 2. The molecule has 1 unspecified atom stereocenters. The molecule has 0 saturated carbocycles. The Morgan fingerprint density at radius 1 is 0.974 bits per heavy atom. The minimum atomic E-state index is -1.63. The molecule has 0 radical (unpaired) electrons. The van der Waals surface area contributed by atoms with Gasteiger partial charge in [0.15, 0.2) is 5.78 Å². The maximum absolute atomic E-state index is 12.7. The Labute approximate surface area is 231 Å². The molecule has 1 atom stereocenters. The summed E-state index contributed by atoms with van der Waals surface area (Å²) >= 11 is 0. The second-order valence-electron chi connectivity index (χ2n) is 9.48. The van der Waals surface area contributed by atoms with Crippen molar-refractivity contribution in [2.24, 2.45) is 0 Å². The van der Waals surface area contributed by atoms with Crippen LogP contribution >= 0.6 is 8.38 Å². The van der Waals surface area contributed by atoms with Crippen molar-refractivity contribution in [2.45, 2.75) is 52.4 Å². The van der Waals surface area contributed by atoms with Gasteiger partial charge in [0.05, 0.1) is 43.5 Å². The number of anilines is 1. The van der Waals surface area contributed by atoms with Crippen molar-refractivity contribution >= 4 is 26.1 Å². The van der Waals surface area contributed by atoms with Crippen LogP contribution in [0.5, 0.6) is 0 Å². The first-order valence-corrected chi connectivity index (χ1v) is 14.0. The van der Waals surface area contributed by atoms with Crippen molar-refractivity contribution in [3.05, 3.63) is 77.6 Å². The van der Waals surface area contributed by atoms with Gasteiger partial charge in [-0.1, -0.05) is 42.5 Å². The zero-order chi connectivity index (χ0) is 28.4. The lowest BCUT2D eigenvalue weighted by atomic mass is 10.1. The Kier molecular flexibility index (Phi) is 10.9. The van der Waals surface area contributed by atoms with Gasteiger partial charge in [-0.3, -0.25) is 0 Å². The molecule has 0 aliphatic heterocycles. The molecule has 39 heavy (non-hydrogen) atoms. The summed E-state index contributed by atoms with van der Waals surface area (Å²) in [6, 6.07) is 16.9. The number of ether oxygens (including phenoxy) is 2. The van der Waals surface area contributed by atoms with Crippen LogP contribution in [0.4, 0.5) is 5.82 Å². The molecule has 1 N–H and O–H groups in total. The first-order chi connectivity index (χ1) is 18.6. The Bertz CT molecular complexity index is 1230. The average molecular weight is 554 g/mol. The topological polar surface area (TPSA) is 109 Å². The number of carbonyl (C=O) groups is 2. The molecule has 2 aromatic carbocycles. The summed E-state index contributed by atoms with van der Waals surface area (Å²) < 4.78 is 22.0. The van der Waals surface area contributed by atoms with E-state index in [9.17, 15) is 9.59 Å². The van der Waals surface area contributed by atoms with Gasteiger partial charge < -0.3 is 23.8 Å². The second-order valence-corrected chi connectivity index (χ2v) is 11.1. The SMILES string of the molecule is CCOP(OCC)C(Nc1ncc(-c2ccc(C(=O)OC(C)(C)C)cc2)nc1Cc1ccccc1)C(=O)OC. The van der Waals surface area contributed by atoms with Crippen LogP contribution in [0, 0.1) is 0 Å². The number of nitrogens with one attached hydrogen (secondary N) is 1. The molecule has 0 aliphatic rings. The molecule has 10 heteroatoms. The Hall–Kier alpha value is -3.39. The van der Waals surface area contributed by atoms with Crippen molar-refractivity contribution in [3.63, 3.8) is 0 Å². The number of rotatable bonds is 12. The molecular formula is C29H36N3O6P. The summed E-state index contributed by atoms with van der Waals surface area (Å²) in [6.07, 6.45) is 2.09. The summed E-state index contributed by atoms with van der Waals surface area (Å²) in [4.78, 5) is 34.7. The van der Waals surface area contributed by atoms with Crippen LogP contribution in [0.1, 0.15) is 56.2 Å². The monoisotopic (exact) mass is 553 g/mol. The highest BCUT2D eigenvalue weighted by molar-refractivity contribution is 7.49. The highest BCUT2D eigenvalue weighted by Gasteiger charge is 2.33. The van der Waals surface area contributed by atoms with Gasteiger partial charge >= 0.3 is 11.9 Å². The summed E-state index contributed by atoms with van der Waals surface area (Å²) in [6.45, 7) is 9.92. The maximum Gasteiger partial charge on any atom is 0.338 e. The third kappa shape index (κ3) is 8.82. The predicted octanol–water partition coefficient (Wildman–Crippen LogP) is 5.99. The van der Waals surface area contributed by atoms with Crippen LogP contribution in [0.2, 0.25) is 0 Å². The Morgan fingerprint density at radius 2 is 1.62 bits per heavy atom. The van der Waals surface area contributed by atoms with Gasteiger partial charge in [0, 0.05) is 12.0 Å². The van der Waals surface area contributed by atoms with E-state index < -0.39 is 31.7 Å². The lowest BCUT2D eigenvalue weighted by Crippen LogP contribution is -2.31. The standard InChI is InChI=1S/C29H36N3O6P/c1-7-36-39(37-8-2)26(28(34)35-6)32-25-23(18-20-12-10-9-11-13-20)31-24(19-30-25)21-14-16-22(17-15-21)27(33)38-29(3,4)5/h9-17,19,26H,7-8,18H2,1-6H3,(H,30,32). The highest BCUT2D eigenvalue weighted by Crippen LogP contribution is 2.44. The van der Waals surface area contributed by atoms with E-state index in [-0.39, 0.29) is 0 Å². The van der Waals surface area contributed by atoms with Gasteiger partial charge in [-0.15, -0.1) is 0 Å². The first kappa shape index (κ1) is 30.2. The van der Waals surface area contributed by atoms with Crippen LogP contribution in [0.3, 0.4) is 0 Å². The molecule has 9 nitrogen and oxygen atoms in total. The zero-order valence-corrected chi connectivity index (χ0v) is 24.2. The average Bonchev–Trinajstić information content (AvgIpc) is 2.91. The van der Waals surface area contributed by atoms with Gasteiger partial charge in [0.2, 0.25) is 8.38 Å². The predicted molar refractivity (Wildman–Crippen MR) is 151 cm³/mol. The number of nitrogens with zero attached hydrogens (tertiary/aromatic N) is 2. The highest BCUT2D eigenvalue weighted by atomic mass is 31.2. The first-order valence-electron chi connectivity index (χ1n) is 12.8. The van der Waals surface area contributed by atoms with E-state index in [0.717, 1.165) is 11.1 Å². The van der Waals surface area contributed by atoms with Crippen molar-refractivity contribution in [1.82, 2.24) is 9.97 Å². The fourth-order valence-corrected chi connectivity index (χ4v) is 4.98. The zero-order valence-electron chi connectivity index (χ0n) is 23.3. The van der Waals surface area contributed by atoms with Gasteiger partial charge in [-0.05, 0) is 52.3 Å². The van der Waals surface area contributed by atoms with Crippen molar-refractivity contribution in [1.29, 1.82) is 0 Å². The molecule has 0 bridgehead atoms. The minimum absolute atomic E-state index is 0.377. The summed E-state index contributed by atoms with van der Waals surface area (Å²) in [5, 5.41) is 3.18. The van der Waals surface area contributed by atoms with E-state index in [4.69, 9.17) is 23.5 Å². The maximum atomic E-state index is 12.7. The number of carbonyl (C=O) groups excluding carboxylic acids is 2. The lowest BCUT2D eigenvalue weighted by molar-refractivity contribution is -0.139. The van der Waals surface area contributed by atoms with Crippen LogP contribution in [-0.2, 0) is 29.7 Å². The van der Waals surface area contributed by atoms with E-state index in [1.165, 1.54) is 7.11 Å². The molecule has 0 amide bonds. The molecule has 208 valence electrons. The van der Waals surface area contributed by atoms with Gasteiger partial charge in [0.25, 0.3) is 0 Å². The largest absolute Gasteiger partial charge is 0.467 e. The number of hydrogen-bond acceptors (Lipinski definition) is 9. The molecule has 3 aromatic rings. The normalized spacial score (nSPS) is 12.2. The Morgan fingerprint density at radius 3 is 2.18 bits per heavy atom. The fourth-order valence-electron chi connectivity index (χ4n) is 3.59. The number of hydrogen-bond donors (Lipinski definition) is 1. The minimum Gasteiger partial charge on any atom is -0.467 e. The van der Waals surface area contributed by atoms with Crippen molar-refractivity contribution in [3.8, 4) is 11.3 Å². The molecule has 0 saturated heterocycles. The van der Waals surface area contributed by atoms with E-state index in [2.05, 4.69) is 10.3 Å². The molecule has 1 aromatic heterocycles. The van der Waals surface area contributed by atoms with Crippen LogP contribution in [0.25, 0.3) is 11.3 Å². The lowest BCUT2D eigenvalue weighted by Gasteiger charge is -2.25. The molecule has 0 fully saturated rings. The molecule has 0 aliphatic carbocycles. The second kappa shape index (κ2) is 14.1. The summed E-state index contributed by atoms with van der Waals surface area (Å²) in [5.41, 5.74) is 2.93. The smallest absolute Gasteiger partial charge is 0.338 e. The van der Waals surface area contributed by atoms with Crippen LogP contribution in [-0.4, -0.2) is 53.6 Å². The van der Waals surface area contributed by atoms with Crippen molar-refractivity contribution in [2.75, 3.05) is 25.6 Å². The summed E-state index contributed by atoms with van der Waals surface area (Å²) in [7, 11) is -0.311. The van der Waals surface area contributed by atoms with E-state index >= 15 is 0 Å². The molecular weight excluding hydrogens is 517 g/mol. The van der Waals surface area contributed by atoms with Gasteiger partial charge in [-0.2, -0.15) is 0 Å².